The summed E-state index contributed by atoms with van der Waals surface area (Å²) < 4.78 is 10.9. The number of hydrogen-bond acceptors (Lipinski definition) is 5. The molecule has 5 heteroatoms. The number of pyridine rings is 1. The third-order valence-corrected chi connectivity index (χ3v) is 3.39. The van der Waals surface area contributed by atoms with E-state index in [1.165, 1.54) is 5.56 Å². The fourth-order valence-electron chi connectivity index (χ4n) is 2.40. The molecule has 18 heavy (non-hydrogen) atoms. The summed E-state index contributed by atoms with van der Waals surface area (Å²) in [6, 6.07) is 4.09. The molecule has 1 aromatic rings. The standard InChI is InChI=1S/C13H21N3O2/c1-17-12-8-16(9-13(12)18-2)7-10-3-4-15-11(5-10)6-14/h3-5,12-13H,6-9,14H2,1-2H3. The van der Waals surface area contributed by atoms with Crippen LogP contribution in [-0.4, -0.2) is 49.4 Å². The Hall–Kier alpha value is -1.01. The Morgan fingerprint density at radius 3 is 2.56 bits per heavy atom. The van der Waals surface area contributed by atoms with E-state index in [-0.39, 0.29) is 12.2 Å². The van der Waals surface area contributed by atoms with Gasteiger partial charge in [-0.05, 0) is 17.7 Å². The van der Waals surface area contributed by atoms with Gasteiger partial charge in [-0.15, -0.1) is 0 Å². The Bertz CT molecular complexity index is 374. The molecular formula is C13H21N3O2. The molecule has 0 aliphatic carbocycles. The molecule has 100 valence electrons. The predicted octanol–water partition coefficient (Wildman–Crippen LogP) is 0.386. The van der Waals surface area contributed by atoms with Gasteiger partial charge < -0.3 is 15.2 Å². The normalized spacial score (nSPS) is 24.6. The molecule has 5 nitrogen and oxygen atoms in total. The van der Waals surface area contributed by atoms with Crippen LogP contribution in [0.2, 0.25) is 0 Å². The first-order valence-electron chi connectivity index (χ1n) is 6.18. The fraction of sp³-hybridized carbons (Fsp3) is 0.615. The molecule has 1 fully saturated rings. The molecule has 0 radical (unpaired) electrons. The summed E-state index contributed by atoms with van der Waals surface area (Å²) in [6.45, 7) is 3.16. The van der Waals surface area contributed by atoms with Gasteiger partial charge in [0, 0.05) is 46.6 Å². The third kappa shape index (κ3) is 3.05. The van der Waals surface area contributed by atoms with Gasteiger partial charge in [0.1, 0.15) is 0 Å². The zero-order valence-electron chi connectivity index (χ0n) is 11.0. The van der Waals surface area contributed by atoms with E-state index in [1.54, 1.807) is 14.2 Å². The minimum atomic E-state index is 0.158. The quantitative estimate of drug-likeness (QED) is 0.820. The van der Waals surface area contributed by atoms with Crippen molar-refractivity contribution in [2.24, 2.45) is 5.73 Å². The second-order valence-corrected chi connectivity index (χ2v) is 4.60. The lowest BCUT2D eigenvalue weighted by molar-refractivity contribution is -0.00461. The number of aromatic nitrogens is 1. The van der Waals surface area contributed by atoms with Crippen LogP contribution in [0.3, 0.4) is 0 Å². The second kappa shape index (κ2) is 6.24. The summed E-state index contributed by atoms with van der Waals surface area (Å²) >= 11 is 0. The van der Waals surface area contributed by atoms with Crippen molar-refractivity contribution in [3.05, 3.63) is 29.6 Å². The smallest absolute Gasteiger partial charge is 0.0971 e. The first-order chi connectivity index (χ1) is 8.76. The average Bonchev–Trinajstić information content (AvgIpc) is 2.81. The van der Waals surface area contributed by atoms with E-state index in [4.69, 9.17) is 15.2 Å². The van der Waals surface area contributed by atoms with Crippen LogP contribution in [0.15, 0.2) is 18.3 Å². The Labute approximate surface area is 108 Å². The Balaban J connectivity index is 1.97. The molecule has 0 amide bonds. The summed E-state index contributed by atoms with van der Waals surface area (Å²) in [7, 11) is 3.47. The van der Waals surface area contributed by atoms with Gasteiger partial charge in [0.05, 0.1) is 17.9 Å². The predicted molar refractivity (Wildman–Crippen MR) is 69.0 cm³/mol. The fourth-order valence-corrected chi connectivity index (χ4v) is 2.40. The van der Waals surface area contributed by atoms with Crippen molar-refractivity contribution in [3.63, 3.8) is 0 Å². The molecule has 1 aliphatic heterocycles. The van der Waals surface area contributed by atoms with Crippen LogP contribution in [0.5, 0.6) is 0 Å². The van der Waals surface area contributed by atoms with Crippen molar-refractivity contribution in [3.8, 4) is 0 Å². The third-order valence-electron chi connectivity index (χ3n) is 3.39. The molecule has 2 atom stereocenters. The maximum absolute atomic E-state index is 5.60. The van der Waals surface area contributed by atoms with E-state index in [2.05, 4.69) is 16.0 Å². The number of rotatable bonds is 5. The molecule has 0 aromatic carbocycles. The Morgan fingerprint density at radius 1 is 1.33 bits per heavy atom. The molecule has 1 aliphatic rings. The van der Waals surface area contributed by atoms with Crippen LogP contribution in [0, 0.1) is 0 Å². The highest BCUT2D eigenvalue weighted by Gasteiger charge is 2.32. The van der Waals surface area contributed by atoms with E-state index in [0.717, 1.165) is 25.3 Å². The van der Waals surface area contributed by atoms with Crippen molar-refractivity contribution in [2.45, 2.75) is 25.3 Å². The largest absolute Gasteiger partial charge is 0.377 e. The first kappa shape index (κ1) is 13.4. The van der Waals surface area contributed by atoms with Gasteiger partial charge in [-0.3, -0.25) is 9.88 Å². The zero-order valence-corrected chi connectivity index (χ0v) is 11.0. The minimum absolute atomic E-state index is 0.158. The lowest BCUT2D eigenvalue weighted by Crippen LogP contribution is -2.27. The number of likely N-dealkylation sites (tertiary alicyclic amines) is 1. The molecule has 0 saturated carbocycles. The van der Waals surface area contributed by atoms with E-state index < -0.39 is 0 Å². The minimum Gasteiger partial charge on any atom is -0.377 e. The maximum Gasteiger partial charge on any atom is 0.0971 e. The van der Waals surface area contributed by atoms with Crippen LogP contribution in [-0.2, 0) is 22.6 Å². The van der Waals surface area contributed by atoms with Crippen molar-refractivity contribution < 1.29 is 9.47 Å². The van der Waals surface area contributed by atoms with Crippen molar-refractivity contribution in [1.82, 2.24) is 9.88 Å². The van der Waals surface area contributed by atoms with E-state index in [0.29, 0.717) is 6.54 Å². The van der Waals surface area contributed by atoms with Crippen LogP contribution in [0.4, 0.5) is 0 Å². The van der Waals surface area contributed by atoms with Crippen LogP contribution >= 0.6 is 0 Å². The molecule has 2 heterocycles. The SMILES string of the molecule is COC1CN(Cc2ccnc(CN)c2)CC1OC. The Morgan fingerprint density at radius 2 is 2.00 bits per heavy atom. The van der Waals surface area contributed by atoms with Gasteiger partial charge >= 0.3 is 0 Å². The molecular weight excluding hydrogens is 230 g/mol. The summed E-state index contributed by atoms with van der Waals surface area (Å²) in [6.07, 6.45) is 2.13. The molecule has 2 unspecified atom stereocenters. The maximum atomic E-state index is 5.60. The van der Waals surface area contributed by atoms with Crippen molar-refractivity contribution >= 4 is 0 Å². The van der Waals surface area contributed by atoms with E-state index in [9.17, 15) is 0 Å². The topological polar surface area (TPSA) is 60.6 Å². The molecule has 2 rings (SSSR count). The van der Waals surface area contributed by atoms with Gasteiger partial charge in [0.15, 0.2) is 0 Å². The van der Waals surface area contributed by atoms with Crippen LogP contribution < -0.4 is 5.73 Å². The summed E-state index contributed by atoms with van der Waals surface area (Å²) in [4.78, 5) is 6.53. The first-order valence-corrected chi connectivity index (χ1v) is 6.18. The highest BCUT2D eigenvalue weighted by atomic mass is 16.5. The molecule has 0 spiro atoms. The summed E-state index contributed by atoms with van der Waals surface area (Å²) in [5, 5.41) is 0. The molecule has 1 saturated heterocycles. The molecule has 0 bridgehead atoms. The number of nitrogens with two attached hydrogens (primary N) is 1. The van der Waals surface area contributed by atoms with Crippen LogP contribution in [0.25, 0.3) is 0 Å². The average molecular weight is 251 g/mol. The van der Waals surface area contributed by atoms with E-state index >= 15 is 0 Å². The lowest BCUT2D eigenvalue weighted by Gasteiger charge is -2.15. The molecule has 2 N–H and O–H groups in total. The van der Waals surface area contributed by atoms with Gasteiger partial charge in [-0.25, -0.2) is 0 Å². The van der Waals surface area contributed by atoms with Gasteiger partial charge in [0.2, 0.25) is 0 Å². The van der Waals surface area contributed by atoms with Crippen molar-refractivity contribution in [2.75, 3.05) is 27.3 Å². The van der Waals surface area contributed by atoms with Gasteiger partial charge in [0.25, 0.3) is 0 Å². The zero-order chi connectivity index (χ0) is 13.0. The number of ether oxygens (including phenoxy) is 2. The number of hydrogen-bond donors (Lipinski definition) is 1. The van der Waals surface area contributed by atoms with E-state index in [1.807, 2.05) is 12.3 Å². The van der Waals surface area contributed by atoms with Gasteiger partial charge in [-0.1, -0.05) is 0 Å². The summed E-state index contributed by atoms with van der Waals surface area (Å²) in [5.74, 6) is 0. The lowest BCUT2D eigenvalue weighted by atomic mass is 10.2. The molecule has 1 aromatic heterocycles. The number of nitrogens with zero attached hydrogens (tertiary/aromatic N) is 2. The Kier molecular flexibility index (Phi) is 4.66. The van der Waals surface area contributed by atoms with Crippen LogP contribution in [0.1, 0.15) is 11.3 Å². The highest BCUT2D eigenvalue weighted by molar-refractivity contribution is 5.16. The van der Waals surface area contributed by atoms with Gasteiger partial charge in [-0.2, -0.15) is 0 Å². The number of methoxy groups -OCH3 is 2. The van der Waals surface area contributed by atoms with Crippen molar-refractivity contribution in [1.29, 1.82) is 0 Å². The second-order valence-electron chi connectivity index (χ2n) is 4.60. The highest BCUT2D eigenvalue weighted by Crippen LogP contribution is 2.18. The summed E-state index contributed by atoms with van der Waals surface area (Å²) in [5.41, 5.74) is 7.76. The monoisotopic (exact) mass is 251 g/mol.